The van der Waals surface area contributed by atoms with Crippen LogP contribution in [0, 0.1) is 18.3 Å². The number of carbonyl (C=O) groups excluding carboxylic acids is 2. The maximum absolute atomic E-state index is 12.8. The van der Waals surface area contributed by atoms with E-state index in [9.17, 15) is 20.0 Å². The molecule has 2 amide bonds. The van der Waals surface area contributed by atoms with E-state index in [1.54, 1.807) is 41.3 Å². The van der Waals surface area contributed by atoms with Crippen LogP contribution < -0.4 is 4.90 Å². The van der Waals surface area contributed by atoms with Crippen molar-refractivity contribution in [3.8, 4) is 11.8 Å². The zero-order valence-electron chi connectivity index (χ0n) is 14.6. The van der Waals surface area contributed by atoms with Crippen LogP contribution in [0.5, 0.6) is 5.75 Å². The summed E-state index contributed by atoms with van der Waals surface area (Å²) < 4.78 is 0. The Morgan fingerprint density at radius 1 is 1.27 bits per heavy atom. The number of nitriles is 1. The fourth-order valence-electron chi connectivity index (χ4n) is 3.14. The van der Waals surface area contributed by atoms with Gasteiger partial charge in [0.25, 0.3) is 5.91 Å². The summed E-state index contributed by atoms with van der Waals surface area (Å²) in [4.78, 5) is 28.5. The molecule has 26 heavy (non-hydrogen) atoms. The first-order valence-electron chi connectivity index (χ1n) is 8.32. The summed E-state index contributed by atoms with van der Waals surface area (Å²) in [5, 5.41) is 19.3. The smallest absolute Gasteiger partial charge is 0.258 e. The number of aromatic hydroxyl groups is 1. The summed E-state index contributed by atoms with van der Waals surface area (Å²) in [6.45, 7) is 3.85. The topological polar surface area (TPSA) is 84.6 Å². The lowest BCUT2D eigenvalue weighted by Crippen LogP contribution is -2.57. The van der Waals surface area contributed by atoms with Gasteiger partial charge in [0.1, 0.15) is 18.4 Å². The SMILES string of the molecule is Cc1ccc(C(=O)N2CC(=O)N(c3ccccc3C#N)CC2C)c(O)c1. The van der Waals surface area contributed by atoms with E-state index in [1.807, 2.05) is 13.8 Å². The van der Waals surface area contributed by atoms with Crippen molar-refractivity contribution in [2.45, 2.75) is 19.9 Å². The van der Waals surface area contributed by atoms with Crippen molar-refractivity contribution in [2.75, 3.05) is 18.0 Å². The number of anilines is 1. The Morgan fingerprint density at radius 3 is 2.69 bits per heavy atom. The molecule has 1 aliphatic rings. The number of phenolic OH excluding ortho intramolecular Hbond substituents is 1. The fourth-order valence-corrected chi connectivity index (χ4v) is 3.14. The van der Waals surface area contributed by atoms with Gasteiger partial charge < -0.3 is 14.9 Å². The number of nitrogens with zero attached hydrogens (tertiary/aromatic N) is 3. The minimum absolute atomic E-state index is 0.0908. The lowest BCUT2D eigenvalue weighted by atomic mass is 10.1. The number of hydrogen-bond donors (Lipinski definition) is 1. The van der Waals surface area contributed by atoms with E-state index in [1.165, 1.54) is 11.0 Å². The predicted molar refractivity (Wildman–Crippen MR) is 96.9 cm³/mol. The van der Waals surface area contributed by atoms with Crippen LogP contribution in [0.2, 0.25) is 0 Å². The molecule has 6 heteroatoms. The van der Waals surface area contributed by atoms with Crippen LogP contribution in [0.1, 0.15) is 28.4 Å². The van der Waals surface area contributed by atoms with Gasteiger partial charge >= 0.3 is 0 Å². The Morgan fingerprint density at radius 2 is 2.00 bits per heavy atom. The number of rotatable bonds is 2. The van der Waals surface area contributed by atoms with Gasteiger partial charge in [0, 0.05) is 12.6 Å². The van der Waals surface area contributed by atoms with Gasteiger partial charge in [-0.3, -0.25) is 9.59 Å². The summed E-state index contributed by atoms with van der Waals surface area (Å²) in [6.07, 6.45) is 0. The van der Waals surface area contributed by atoms with Crippen molar-refractivity contribution >= 4 is 17.5 Å². The Hall–Kier alpha value is -3.33. The molecule has 132 valence electrons. The number of carbonyl (C=O) groups is 2. The molecule has 1 unspecified atom stereocenters. The molecule has 0 bridgehead atoms. The summed E-state index contributed by atoms with van der Waals surface area (Å²) >= 11 is 0. The highest BCUT2D eigenvalue weighted by Crippen LogP contribution is 2.26. The third kappa shape index (κ3) is 3.11. The molecule has 1 N–H and O–H groups in total. The molecular formula is C20H19N3O3. The first-order chi connectivity index (χ1) is 12.4. The molecule has 0 aromatic heterocycles. The maximum Gasteiger partial charge on any atom is 0.258 e. The molecule has 0 radical (unpaired) electrons. The van der Waals surface area contributed by atoms with E-state index in [0.717, 1.165) is 5.56 Å². The summed E-state index contributed by atoms with van der Waals surface area (Å²) in [5.41, 5.74) is 2.00. The number of piperazine rings is 1. The van der Waals surface area contributed by atoms with Gasteiger partial charge in [-0.2, -0.15) is 5.26 Å². The number of amides is 2. The Bertz CT molecular complexity index is 917. The second-order valence-corrected chi connectivity index (χ2v) is 6.44. The van der Waals surface area contributed by atoms with Crippen LogP contribution in [0.3, 0.4) is 0 Å². The molecule has 1 aliphatic heterocycles. The lowest BCUT2D eigenvalue weighted by Gasteiger charge is -2.39. The second-order valence-electron chi connectivity index (χ2n) is 6.44. The van der Waals surface area contributed by atoms with Gasteiger partial charge in [0.05, 0.1) is 16.8 Å². The van der Waals surface area contributed by atoms with Gasteiger partial charge in [-0.05, 0) is 43.7 Å². The molecule has 1 heterocycles. The largest absolute Gasteiger partial charge is 0.507 e. The van der Waals surface area contributed by atoms with Crippen molar-refractivity contribution in [3.63, 3.8) is 0 Å². The van der Waals surface area contributed by atoms with Gasteiger partial charge in [-0.25, -0.2) is 0 Å². The van der Waals surface area contributed by atoms with Crippen molar-refractivity contribution in [3.05, 3.63) is 59.2 Å². The minimum Gasteiger partial charge on any atom is -0.507 e. The van der Waals surface area contributed by atoms with Crippen molar-refractivity contribution < 1.29 is 14.7 Å². The van der Waals surface area contributed by atoms with E-state index >= 15 is 0 Å². The zero-order chi connectivity index (χ0) is 18.8. The Labute approximate surface area is 151 Å². The number of para-hydroxylation sites is 1. The molecule has 1 saturated heterocycles. The highest BCUT2D eigenvalue weighted by molar-refractivity contribution is 6.03. The summed E-state index contributed by atoms with van der Waals surface area (Å²) in [6, 6.07) is 13.6. The van der Waals surface area contributed by atoms with Crippen molar-refractivity contribution in [1.82, 2.24) is 4.90 Å². The number of hydrogen-bond acceptors (Lipinski definition) is 4. The highest BCUT2D eigenvalue weighted by atomic mass is 16.3. The second kappa shape index (κ2) is 6.89. The first-order valence-corrected chi connectivity index (χ1v) is 8.32. The maximum atomic E-state index is 12.8. The first kappa shape index (κ1) is 17.5. The van der Waals surface area contributed by atoms with Gasteiger partial charge in [0.15, 0.2) is 0 Å². The van der Waals surface area contributed by atoms with Crippen LogP contribution in [-0.2, 0) is 4.79 Å². The van der Waals surface area contributed by atoms with E-state index in [2.05, 4.69) is 6.07 Å². The number of phenols is 1. The van der Waals surface area contributed by atoms with E-state index in [0.29, 0.717) is 11.3 Å². The average Bonchev–Trinajstić information content (AvgIpc) is 2.62. The lowest BCUT2D eigenvalue weighted by molar-refractivity contribution is -0.121. The van der Waals surface area contributed by atoms with Crippen LogP contribution in [0.25, 0.3) is 0 Å². The predicted octanol–water partition coefficient (Wildman–Crippen LogP) is 2.45. The molecule has 3 rings (SSSR count). The van der Waals surface area contributed by atoms with E-state index in [4.69, 9.17) is 0 Å². The van der Waals surface area contributed by atoms with E-state index in [-0.39, 0.29) is 42.3 Å². The number of benzene rings is 2. The number of aryl methyl sites for hydroxylation is 1. The van der Waals surface area contributed by atoms with Gasteiger partial charge in [-0.1, -0.05) is 18.2 Å². The van der Waals surface area contributed by atoms with Gasteiger partial charge in [-0.15, -0.1) is 0 Å². The van der Waals surface area contributed by atoms with Crippen LogP contribution in [0.4, 0.5) is 5.69 Å². The monoisotopic (exact) mass is 349 g/mol. The van der Waals surface area contributed by atoms with Gasteiger partial charge in [0.2, 0.25) is 5.91 Å². The molecule has 2 aromatic rings. The molecule has 6 nitrogen and oxygen atoms in total. The summed E-state index contributed by atoms with van der Waals surface area (Å²) in [7, 11) is 0. The van der Waals surface area contributed by atoms with E-state index < -0.39 is 0 Å². The third-order valence-corrected chi connectivity index (χ3v) is 4.55. The molecule has 1 fully saturated rings. The Kier molecular flexibility index (Phi) is 4.63. The Balaban J connectivity index is 1.86. The molecule has 1 atom stereocenters. The molecular weight excluding hydrogens is 330 g/mol. The highest BCUT2D eigenvalue weighted by Gasteiger charge is 2.35. The van der Waals surface area contributed by atoms with Crippen LogP contribution in [0.15, 0.2) is 42.5 Å². The van der Waals surface area contributed by atoms with Crippen molar-refractivity contribution in [2.24, 2.45) is 0 Å². The standard InChI is InChI=1S/C20H19N3O3/c1-13-7-8-16(18(24)9-13)20(26)22-12-19(25)23(11-14(22)2)17-6-4-3-5-15(17)10-21/h3-9,14,24H,11-12H2,1-2H3. The van der Waals surface area contributed by atoms with Crippen LogP contribution in [-0.4, -0.2) is 41.0 Å². The quantitative estimate of drug-likeness (QED) is 0.902. The molecule has 0 aliphatic carbocycles. The normalized spacial score (nSPS) is 17.1. The average molecular weight is 349 g/mol. The fraction of sp³-hybridized carbons (Fsp3) is 0.250. The van der Waals surface area contributed by atoms with Crippen molar-refractivity contribution in [1.29, 1.82) is 5.26 Å². The minimum atomic E-state index is -0.378. The zero-order valence-corrected chi connectivity index (χ0v) is 14.6. The molecule has 0 spiro atoms. The third-order valence-electron chi connectivity index (χ3n) is 4.55. The molecule has 2 aromatic carbocycles. The molecule has 0 saturated carbocycles. The summed E-state index contributed by atoms with van der Waals surface area (Å²) in [5.74, 6) is -0.728. The van der Waals surface area contributed by atoms with Crippen LogP contribution >= 0.6 is 0 Å².